The highest BCUT2D eigenvalue weighted by atomic mass is 16.5. The van der Waals surface area contributed by atoms with Crippen molar-refractivity contribution in [2.24, 2.45) is 0 Å². The lowest BCUT2D eigenvalue weighted by molar-refractivity contribution is -0.122. The molecular weight excluding hydrogens is 320 g/mol. The maximum atomic E-state index is 12.1. The van der Waals surface area contributed by atoms with Crippen LogP contribution in [0.3, 0.4) is 0 Å². The number of benzene rings is 1. The average Bonchev–Trinajstić information content (AvgIpc) is 2.61. The molecule has 2 N–H and O–H groups in total. The second-order valence-corrected chi connectivity index (χ2v) is 6.11. The van der Waals surface area contributed by atoms with Crippen molar-refractivity contribution in [3.05, 3.63) is 29.8 Å². The van der Waals surface area contributed by atoms with Crippen LogP contribution in [0.15, 0.2) is 24.3 Å². The molecule has 1 aromatic rings. The van der Waals surface area contributed by atoms with Gasteiger partial charge in [-0.05, 0) is 26.0 Å². The number of hydrogen-bond acceptors (Lipinski definition) is 4. The van der Waals surface area contributed by atoms with Crippen LogP contribution in [-0.4, -0.2) is 74.2 Å². The Kier molecular flexibility index (Phi) is 7.53. The topological polar surface area (TPSA) is 73.9 Å². The molecule has 1 fully saturated rings. The van der Waals surface area contributed by atoms with Crippen LogP contribution in [0.2, 0.25) is 0 Å². The molecule has 1 saturated heterocycles. The lowest BCUT2D eigenvalue weighted by atomic mass is 10.2. The maximum Gasteiger partial charge on any atom is 0.317 e. The van der Waals surface area contributed by atoms with Crippen LogP contribution >= 0.6 is 0 Å². The predicted molar refractivity (Wildman–Crippen MR) is 96.8 cm³/mol. The summed E-state index contributed by atoms with van der Waals surface area (Å²) in [6.45, 7) is 8.56. The summed E-state index contributed by atoms with van der Waals surface area (Å²) in [6, 6.07) is 7.75. The molecule has 0 atom stereocenters. The van der Waals surface area contributed by atoms with Gasteiger partial charge in [-0.25, -0.2) is 4.79 Å². The smallest absolute Gasteiger partial charge is 0.317 e. The number of aryl methyl sites for hydroxylation is 1. The summed E-state index contributed by atoms with van der Waals surface area (Å²) in [4.78, 5) is 27.6. The van der Waals surface area contributed by atoms with Crippen molar-refractivity contribution < 1.29 is 14.3 Å². The molecule has 0 unspecified atom stereocenters. The first-order valence-corrected chi connectivity index (χ1v) is 8.79. The van der Waals surface area contributed by atoms with Crippen LogP contribution in [0, 0.1) is 6.92 Å². The van der Waals surface area contributed by atoms with Gasteiger partial charge in [-0.1, -0.05) is 17.7 Å². The minimum Gasteiger partial charge on any atom is -0.492 e. The van der Waals surface area contributed by atoms with Gasteiger partial charge >= 0.3 is 6.03 Å². The minimum absolute atomic E-state index is 0.0358. The monoisotopic (exact) mass is 348 g/mol. The van der Waals surface area contributed by atoms with Crippen LogP contribution in [-0.2, 0) is 4.79 Å². The highest BCUT2D eigenvalue weighted by molar-refractivity contribution is 5.78. The van der Waals surface area contributed by atoms with Gasteiger partial charge < -0.3 is 20.3 Å². The highest BCUT2D eigenvalue weighted by Gasteiger charge is 2.21. The zero-order valence-electron chi connectivity index (χ0n) is 15.1. The molecule has 0 saturated carbocycles. The lowest BCUT2D eigenvalue weighted by Crippen LogP contribution is -2.53. The van der Waals surface area contributed by atoms with E-state index in [9.17, 15) is 9.59 Å². The van der Waals surface area contributed by atoms with Crippen LogP contribution in [0.4, 0.5) is 4.79 Å². The number of hydrogen-bond donors (Lipinski definition) is 2. The minimum atomic E-state index is -0.0786. The van der Waals surface area contributed by atoms with Crippen molar-refractivity contribution in [3.8, 4) is 5.75 Å². The molecule has 138 valence electrons. The Morgan fingerprint density at radius 3 is 2.40 bits per heavy atom. The molecule has 0 bridgehead atoms. The first kappa shape index (κ1) is 19.1. The second kappa shape index (κ2) is 9.88. The number of urea groups is 1. The molecule has 1 aliphatic heterocycles. The van der Waals surface area contributed by atoms with Gasteiger partial charge in [0, 0.05) is 32.7 Å². The Balaban J connectivity index is 1.60. The molecule has 0 aliphatic carbocycles. The van der Waals surface area contributed by atoms with Crippen LogP contribution in [0.1, 0.15) is 12.5 Å². The number of likely N-dealkylation sites (N-methyl/N-ethyl adjacent to an activating group) is 1. The number of ether oxygens (including phenoxy) is 1. The van der Waals surface area contributed by atoms with Crippen molar-refractivity contribution in [2.75, 3.05) is 52.4 Å². The van der Waals surface area contributed by atoms with E-state index >= 15 is 0 Å². The van der Waals surface area contributed by atoms with Gasteiger partial charge in [0.1, 0.15) is 12.4 Å². The van der Waals surface area contributed by atoms with E-state index in [1.165, 1.54) is 5.56 Å². The summed E-state index contributed by atoms with van der Waals surface area (Å²) in [5, 5.41) is 5.66. The standard InChI is InChI=1S/C18H28N4O3/c1-3-19-17(23)14-21-9-11-22(12-10-21)18(24)20-8-13-25-16-6-4-15(2)5-7-16/h4-7H,3,8-14H2,1-2H3,(H,19,23)(H,20,24). The number of nitrogens with one attached hydrogen (secondary N) is 2. The molecule has 7 nitrogen and oxygen atoms in total. The van der Waals surface area contributed by atoms with E-state index in [1.54, 1.807) is 4.90 Å². The molecule has 0 spiro atoms. The Morgan fingerprint density at radius 1 is 1.08 bits per heavy atom. The maximum absolute atomic E-state index is 12.1. The van der Waals surface area contributed by atoms with Gasteiger partial charge in [-0.2, -0.15) is 0 Å². The molecule has 25 heavy (non-hydrogen) atoms. The number of rotatable bonds is 7. The van der Waals surface area contributed by atoms with Crippen molar-refractivity contribution >= 4 is 11.9 Å². The van der Waals surface area contributed by atoms with Crippen LogP contribution in [0.5, 0.6) is 5.75 Å². The molecule has 3 amide bonds. The van der Waals surface area contributed by atoms with E-state index in [1.807, 2.05) is 38.1 Å². The molecule has 7 heteroatoms. The van der Waals surface area contributed by atoms with Crippen LogP contribution < -0.4 is 15.4 Å². The first-order chi connectivity index (χ1) is 12.1. The number of amides is 3. The van der Waals surface area contributed by atoms with Crippen molar-refractivity contribution in [2.45, 2.75) is 13.8 Å². The zero-order chi connectivity index (χ0) is 18.1. The first-order valence-electron chi connectivity index (χ1n) is 8.79. The summed E-state index contributed by atoms with van der Waals surface area (Å²) < 4.78 is 5.60. The summed E-state index contributed by atoms with van der Waals surface area (Å²) in [5.74, 6) is 0.840. The van der Waals surface area contributed by atoms with Gasteiger partial charge in [0.25, 0.3) is 0 Å². The van der Waals surface area contributed by atoms with Gasteiger partial charge in [0.05, 0.1) is 13.1 Å². The summed E-state index contributed by atoms with van der Waals surface area (Å²) in [7, 11) is 0. The normalized spacial score (nSPS) is 14.9. The second-order valence-electron chi connectivity index (χ2n) is 6.11. The fourth-order valence-corrected chi connectivity index (χ4v) is 2.64. The summed E-state index contributed by atoms with van der Waals surface area (Å²) >= 11 is 0. The Morgan fingerprint density at radius 2 is 1.76 bits per heavy atom. The molecule has 0 aromatic heterocycles. The van der Waals surface area contributed by atoms with Crippen molar-refractivity contribution in [1.29, 1.82) is 0 Å². The number of piperazine rings is 1. The fourth-order valence-electron chi connectivity index (χ4n) is 2.64. The third-order valence-electron chi connectivity index (χ3n) is 4.07. The Hall–Kier alpha value is -2.28. The fraction of sp³-hybridized carbons (Fsp3) is 0.556. The summed E-state index contributed by atoms with van der Waals surface area (Å²) in [5.41, 5.74) is 1.19. The van der Waals surface area contributed by atoms with Gasteiger partial charge in [-0.15, -0.1) is 0 Å². The molecule has 1 aromatic carbocycles. The van der Waals surface area contributed by atoms with Gasteiger partial charge in [0.15, 0.2) is 0 Å². The zero-order valence-corrected chi connectivity index (χ0v) is 15.1. The number of nitrogens with zero attached hydrogens (tertiary/aromatic N) is 2. The van der Waals surface area contributed by atoms with Crippen molar-refractivity contribution in [1.82, 2.24) is 20.4 Å². The summed E-state index contributed by atoms with van der Waals surface area (Å²) in [6.07, 6.45) is 0. The third kappa shape index (κ3) is 6.62. The SMILES string of the molecule is CCNC(=O)CN1CCN(C(=O)NCCOc2ccc(C)cc2)CC1. The van der Waals surface area contributed by atoms with E-state index in [-0.39, 0.29) is 11.9 Å². The van der Waals surface area contributed by atoms with Crippen molar-refractivity contribution in [3.63, 3.8) is 0 Å². The van der Waals surface area contributed by atoms with E-state index in [0.29, 0.717) is 52.4 Å². The van der Waals surface area contributed by atoms with Gasteiger partial charge in [0.2, 0.25) is 5.91 Å². The quantitative estimate of drug-likeness (QED) is 0.716. The molecule has 2 rings (SSSR count). The van der Waals surface area contributed by atoms with E-state index < -0.39 is 0 Å². The molecule has 1 aliphatic rings. The van der Waals surface area contributed by atoms with E-state index in [4.69, 9.17) is 4.74 Å². The largest absolute Gasteiger partial charge is 0.492 e. The van der Waals surface area contributed by atoms with Crippen LogP contribution in [0.25, 0.3) is 0 Å². The Labute approximate surface area is 149 Å². The van der Waals surface area contributed by atoms with E-state index in [2.05, 4.69) is 15.5 Å². The lowest BCUT2D eigenvalue weighted by Gasteiger charge is -2.34. The number of carbonyl (C=O) groups excluding carboxylic acids is 2. The third-order valence-corrected chi connectivity index (χ3v) is 4.07. The predicted octanol–water partition coefficient (Wildman–Crippen LogP) is 0.837. The van der Waals surface area contributed by atoms with E-state index in [0.717, 1.165) is 5.75 Å². The molecule has 0 radical (unpaired) electrons. The molecule has 1 heterocycles. The molecular formula is C18H28N4O3. The average molecular weight is 348 g/mol. The van der Waals surface area contributed by atoms with Gasteiger partial charge in [-0.3, -0.25) is 9.69 Å². The Bertz CT molecular complexity index is 554. The number of carbonyl (C=O) groups is 2. The highest BCUT2D eigenvalue weighted by Crippen LogP contribution is 2.10.